The van der Waals surface area contributed by atoms with E-state index >= 15 is 0 Å². The first kappa shape index (κ1) is 28.9. The van der Waals surface area contributed by atoms with Crippen molar-refractivity contribution in [2.24, 2.45) is 0 Å². The molecule has 1 aromatic carbocycles. The van der Waals surface area contributed by atoms with Gasteiger partial charge in [-0.3, -0.25) is 4.79 Å². The van der Waals surface area contributed by atoms with Crippen molar-refractivity contribution in [2.75, 3.05) is 6.61 Å². The Bertz CT molecular complexity index is 1050. The lowest BCUT2D eigenvalue weighted by Crippen LogP contribution is -2.56. The summed E-state index contributed by atoms with van der Waals surface area (Å²) in [4.78, 5) is 12.3. The van der Waals surface area contributed by atoms with Crippen molar-refractivity contribution in [3.63, 3.8) is 0 Å². The number of unbranched alkanes of at least 4 members (excludes halogenated alkanes) is 1. The van der Waals surface area contributed by atoms with Gasteiger partial charge in [0, 0.05) is 19.0 Å². The number of aliphatic hydroxyl groups is 5. The highest BCUT2D eigenvalue weighted by molar-refractivity contribution is 5.80. The molecule has 3 heterocycles. The lowest BCUT2D eigenvalue weighted by atomic mass is 9.98. The number of para-hydroxylation sites is 1. The zero-order valence-corrected chi connectivity index (χ0v) is 21.7. The zero-order chi connectivity index (χ0) is 27.4. The highest BCUT2D eigenvalue weighted by Gasteiger charge is 2.45. The van der Waals surface area contributed by atoms with Crippen LogP contribution in [-0.4, -0.2) is 97.8 Å². The summed E-state index contributed by atoms with van der Waals surface area (Å²) in [5.41, 5.74) is 0.797. The Balaban J connectivity index is 1.20. The maximum absolute atomic E-state index is 12.3. The molecular weight excluding hydrogens is 498 g/mol. The average molecular weight is 538 g/mol. The van der Waals surface area contributed by atoms with Crippen LogP contribution >= 0.6 is 0 Å². The molecule has 11 heteroatoms. The van der Waals surface area contributed by atoms with Gasteiger partial charge in [0.05, 0.1) is 23.8 Å². The van der Waals surface area contributed by atoms with E-state index in [-0.39, 0.29) is 25.6 Å². The lowest BCUT2D eigenvalue weighted by molar-refractivity contribution is -0.273. The van der Waals surface area contributed by atoms with Crippen molar-refractivity contribution in [1.82, 2.24) is 4.57 Å². The highest BCUT2D eigenvalue weighted by atomic mass is 16.7. The van der Waals surface area contributed by atoms with Crippen LogP contribution in [-0.2, 0) is 23.7 Å². The third kappa shape index (κ3) is 6.72. The van der Waals surface area contributed by atoms with E-state index in [9.17, 15) is 30.3 Å². The van der Waals surface area contributed by atoms with E-state index in [0.29, 0.717) is 19.3 Å². The number of nitrogens with zero attached hydrogens (tertiary/aromatic N) is 1. The normalized spacial score (nSPS) is 34.8. The summed E-state index contributed by atoms with van der Waals surface area (Å²) >= 11 is 0. The molecule has 5 N–H and O–H groups in total. The van der Waals surface area contributed by atoms with Gasteiger partial charge in [0.1, 0.15) is 37.1 Å². The Labute approximate surface area is 221 Å². The molecule has 0 radical (unpaired) electrons. The predicted molar refractivity (Wildman–Crippen MR) is 135 cm³/mol. The van der Waals surface area contributed by atoms with Gasteiger partial charge in [0.15, 0.2) is 12.5 Å². The van der Waals surface area contributed by atoms with E-state index in [2.05, 4.69) is 0 Å². The van der Waals surface area contributed by atoms with E-state index in [4.69, 9.17) is 18.9 Å². The number of benzene rings is 1. The van der Waals surface area contributed by atoms with E-state index in [1.807, 2.05) is 37.3 Å². The SMILES string of the molecule is C[C@@H](CCCCC(=O)OC[C@@H]1O[C@H](n2ccc3ccccc32)[C@@H](O)[C@H](O)[C@H]1O)O[C@H]1O[C@H](C)[C@@H](O)C[C@@H]1O. The van der Waals surface area contributed by atoms with Gasteiger partial charge in [0.25, 0.3) is 0 Å². The van der Waals surface area contributed by atoms with Gasteiger partial charge in [-0.15, -0.1) is 0 Å². The second-order valence-corrected chi connectivity index (χ2v) is 10.3. The Kier molecular flexibility index (Phi) is 9.77. The first-order valence-corrected chi connectivity index (χ1v) is 13.2. The first-order valence-electron chi connectivity index (χ1n) is 13.2. The van der Waals surface area contributed by atoms with Crippen LogP contribution in [0.5, 0.6) is 0 Å². The second kappa shape index (κ2) is 12.8. The molecule has 0 aliphatic carbocycles. The Hall–Kier alpha value is -2.09. The Morgan fingerprint density at radius 2 is 1.79 bits per heavy atom. The van der Waals surface area contributed by atoms with E-state index in [1.165, 1.54) is 0 Å². The summed E-state index contributed by atoms with van der Waals surface area (Å²) in [6.07, 6.45) is -5.34. The predicted octanol–water partition coefficient (Wildman–Crippen LogP) is 0.987. The minimum absolute atomic E-state index is 0.151. The molecule has 2 saturated heterocycles. The molecule has 212 valence electrons. The van der Waals surface area contributed by atoms with E-state index in [1.54, 1.807) is 17.7 Å². The number of carbonyl (C=O) groups excluding carboxylic acids is 1. The number of aliphatic hydroxyl groups excluding tert-OH is 5. The fraction of sp³-hybridized carbons (Fsp3) is 0.667. The molecule has 4 rings (SSSR count). The number of hydrogen-bond acceptors (Lipinski definition) is 10. The quantitative estimate of drug-likeness (QED) is 0.218. The van der Waals surface area contributed by atoms with Gasteiger partial charge in [0.2, 0.25) is 0 Å². The summed E-state index contributed by atoms with van der Waals surface area (Å²) < 4.78 is 24.2. The topological polar surface area (TPSA) is 160 Å². The molecule has 0 bridgehead atoms. The molecule has 0 saturated carbocycles. The number of ether oxygens (including phenoxy) is 4. The molecule has 10 atom stereocenters. The number of esters is 1. The molecule has 0 amide bonds. The van der Waals surface area contributed by atoms with Crippen molar-refractivity contribution < 1.29 is 49.3 Å². The summed E-state index contributed by atoms with van der Waals surface area (Å²) in [7, 11) is 0. The number of hydrogen-bond donors (Lipinski definition) is 5. The first-order chi connectivity index (χ1) is 18.2. The van der Waals surface area contributed by atoms with Crippen LogP contribution in [0.4, 0.5) is 0 Å². The molecule has 0 spiro atoms. The molecule has 2 aromatic rings. The van der Waals surface area contributed by atoms with Gasteiger partial charge in [-0.05, 0) is 44.2 Å². The molecule has 38 heavy (non-hydrogen) atoms. The smallest absolute Gasteiger partial charge is 0.305 e. The van der Waals surface area contributed by atoms with Gasteiger partial charge < -0.3 is 49.0 Å². The number of aromatic nitrogens is 1. The molecule has 0 unspecified atom stereocenters. The van der Waals surface area contributed by atoms with E-state index < -0.39 is 61.2 Å². The minimum Gasteiger partial charge on any atom is -0.463 e. The van der Waals surface area contributed by atoms with Crippen molar-refractivity contribution >= 4 is 16.9 Å². The average Bonchev–Trinajstić information content (AvgIpc) is 3.32. The minimum atomic E-state index is -1.47. The fourth-order valence-electron chi connectivity index (χ4n) is 4.94. The molecule has 2 aliphatic rings. The van der Waals surface area contributed by atoms with Gasteiger partial charge in [-0.2, -0.15) is 0 Å². The van der Waals surface area contributed by atoms with Crippen LogP contribution in [0.3, 0.4) is 0 Å². The number of fused-ring (bicyclic) bond motifs is 1. The second-order valence-electron chi connectivity index (χ2n) is 10.3. The Morgan fingerprint density at radius 3 is 2.58 bits per heavy atom. The van der Waals surface area contributed by atoms with Crippen LogP contribution in [0, 0.1) is 0 Å². The third-order valence-electron chi connectivity index (χ3n) is 7.30. The summed E-state index contributed by atoms with van der Waals surface area (Å²) in [5.74, 6) is -0.466. The van der Waals surface area contributed by atoms with E-state index in [0.717, 1.165) is 10.9 Å². The van der Waals surface area contributed by atoms with Crippen LogP contribution in [0.1, 0.15) is 52.2 Å². The monoisotopic (exact) mass is 537 g/mol. The molecule has 2 fully saturated rings. The number of rotatable bonds is 10. The zero-order valence-electron chi connectivity index (χ0n) is 21.7. The summed E-state index contributed by atoms with van der Waals surface area (Å²) in [6.45, 7) is 3.32. The Morgan fingerprint density at radius 1 is 1.03 bits per heavy atom. The molecular formula is C27H39NO10. The molecule has 1 aromatic heterocycles. The number of carbonyl (C=O) groups is 1. The van der Waals surface area contributed by atoms with Gasteiger partial charge >= 0.3 is 5.97 Å². The summed E-state index contributed by atoms with van der Waals surface area (Å²) in [5, 5.41) is 52.1. The highest BCUT2D eigenvalue weighted by Crippen LogP contribution is 2.32. The third-order valence-corrected chi connectivity index (χ3v) is 7.30. The largest absolute Gasteiger partial charge is 0.463 e. The van der Waals surface area contributed by atoms with Crippen molar-refractivity contribution in [2.45, 2.75) is 107 Å². The molecule has 11 nitrogen and oxygen atoms in total. The van der Waals surface area contributed by atoms with Crippen LogP contribution in [0.15, 0.2) is 36.5 Å². The van der Waals surface area contributed by atoms with Crippen LogP contribution in [0.2, 0.25) is 0 Å². The van der Waals surface area contributed by atoms with Crippen LogP contribution < -0.4 is 0 Å². The summed E-state index contributed by atoms with van der Waals surface area (Å²) in [6, 6.07) is 9.38. The van der Waals surface area contributed by atoms with Gasteiger partial charge in [-0.25, -0.2) is 0 Å². The van der Waals surface area contributed by atoms with Crippen molar-refractivity contribution in [3.8, 4) is 0 Å². The molecule has 2 aliphatic heterocycles. The maximum Gasteiger partial charge on any atom is 0.305 e. The fourth-order valence-corrected chi connectivity index (χ4v) is 4.94. The van der Waals surface area contributed by atoms with Crippen LogP contribution in [0.25, 0.3) is 10.9 Å². The van der Waals surface area contributed by atoms with Crippen molar-refractivity contribution in [1.29, 1.82) is 0 Å². The maximum atomic E-state index is 12.3. The van der Waals surface area contributed by atoms with Crippen molar-refractivity contribution in [3.05, 3.63) is 36.5 Å². The standard InChI is InChI=1S/C27H39NO10/c1-15(36-27-20(30)13-19(29)16(2)37-27)7-3-6-10-22(31)35-14-21-23(32)24(33)25(34)26(38-21)28-12-11-17-8-4-5-9-18(17)28/h4-5,8-9,11-12,15-16,19-21,23-27,29-30,32-34H,3,6-7,10,13-14H2,1-2H3/t15-,16+,19-,20-,21-,23-,24+,25-,26-,27-/m0/s1. The van der Waals surface area contributed by atoms with Gasteiger partial charge in [-0.1, -0.05) is 24.6 Å². The lowest BCUT2D eigenvalue weighted by Gasteiger charge is -2.41.